The molecule has 0 saturated heterocycles. The fourth-order valence-corrected chi connectivity index (χ4v) is 4.28. The quantitative estimate of drug-likeness (QED) is 0.376. The summed E-state index contributed by atoms with van der Waals surface area (Å²) in [6.45, 7) is 0. The number of imidazole rings is 2. The zero-order valence-electron chi connectivity index (χ0n) is 16.3. The standard InChI is InChI=1S/C25H15N5O/c1-4-11-22-17(7-1)23-24(31-22)29(25-28-20-9-2-3-10-21(20)30(23)25)16-12-13-19(27-15-16)18-8-5-6-14-26-18/h1-15H. The van der Waals surface area contributed by atoms with Gasteiger partial charge in [-0.2, -0.15) is 0 Å². The Bertz CT molecular complexity index is 1640. The van der Waals surface area contributed by atoms with Crippen molar-refractivity contribution >= 4 is 39.0 Å². The maximum absolute atomic E-state index is 6.31. The van der Waals surface area contributed by atoms with Crippen molar-refractivity contribution in [1.82, 2.24) is 23.9 Å². The maximum Gasteiger partial charge on any atom is 0.232 e. The first-order valence-corrected chi connectivity index (χ1v) is 10.1. The fraction of sp³-hybridized carbons (Fsp3) is 0. The smallest absolute Gasteiger partial charge is 0.232 e. The van der Waals surface area contributed by atoms with Gasteiger partial charge in [-0.3, -0.25) is 14.4 Å². The summed E-state index contributed by atoms with van der Waals surface area (Å²) in [5.74, 6) is 0.799. The van der Waals surface area contributed by atoms with Gasteiger partial charge in [-0.15, -0.1) is 0 Å². The van der Waals surface area contributed by atoms with Gasteiger partial charge in [0.2, 0.25) is 11.5 Å². The molecule has 6 nitrogen and oxygen atoms in total. The Morgan fingerprint density at radius 2 is 1.58 bits per heavy atom. The molecule has 146 valence electrons. The fourth-order valence-electron chi connectivity index (χ4n) is 4.28. The summed E-state index contributed by atoms with van der Waals surface area (Å²) in [7, 11) is 0. The molecule has 6 heteroatoms. The van der Waals surface area contributed by atoms with Crippen LogP contribution >= 0.6 is 0 Å². The van der Waals surface area contributed by atoms with Crippen molar-refractivity contribution in [3.05, 3.63) is 91.3 Å². The third kappa shape index (κ3) is 2.24. The summed E-state index contributed by atoms with van der Waals surface area (Å²) in [5.41, 5.74) is 7.14. The molecule has 0 spiro atoms. The van der Waals surface area contributed by atoms with Gasteiger partial charge < -0.3 is 4.42 Å². The molecule has 31 heavy (non-hydrogen) atoms. The van der Waals surface area contributed by atoms with Crippen molar-refractivity contribution in [3.63, 3.8) is 0 Å². The van der Waals surface area contributed by atoms with Gasteiger partial charge in [0.15, 0.2) is 0 Å². The number of hydrogen-bond donors (Lipinski definition) is 0. The highest BCUT2D eigenvalue weighted by Crippen LogP contribution is 2.35. The van der Waals surface area contributed by atoms with Crippen LogP contribution in [-0.2, 0) is 0 Å². The van der Waals surface area contributed by atoms with Crippen LogP contribution in [0.1, 0.15) is 0 Å². The minimum atomic E-state index is 0.752. The van der Waals surface area contributed by atoms with Crippen LogP contribution in [0.3, 0.4) is 0 Å². The second-order valence-corrected chi connectivity index (χ2v) is 7.44. The van der Waals surface area contributed by atoms with Crippen LogP contribution < -0.4 is 0 Å². The lowest BCUT2D eigenvalue weighted by Crippen LogP contribution is -1.96. The van der Waals surface area contributed by atoms with Crippen molar-refractivity contribution in [2.24, 2.45) is 0 Å². The van der Waals surface area contributed by atoms with Crippen LogP contribution in [-0.4, -0.2) is 23.9 Å². The molecule has 5 heterocycles. The average Bonchev–Trinajstić information content (AvgIpc) is 3.47. The van der Waals surface area contributed by atoms with E-state index >= 15 is 0 Å². The number of hydrogen-bond acceptors (Lipinski definition) is 4. The number of furan rings is 1. The van der Waals surface area contributed by atoms with Gasteiger partial charge >= 0.3 is 0 Å². The highest BCUT2D eigenvalue weighted by atomic mass is 16.3. The van der Waals surface area contributed by atoms with Crippen LogP contribution in [0.25, 0.3) is 56.1 Å². The van der Waals surface area contributed by atoms with Crippen molar-refractivity contribution in [3.8, 4) is 17.1 Å². The summed E-state index contributed by atoms with van der Waals surface area (Å²) < 4.78 is 10.5. The normalized spacial score (nSPS) is 11.9. The van der Waals surface area contributed by atoms with Gasteiger partial charge in [-0.1, -0.05) is 30.3 Å². The van der Waals surface area contributed by atoms with E-state index in [4.69, 9.17) is 9.40 Å². The van der Waals surface area contributed by atoms with E-state index in [1.165, 1.54) is 0 Å². The van der Waals surface area contributed by atoms with E-state index in [9.17, 15) is 0 Å². The first-order valence-electron chi connectivity index (χ1n) is 10.1. The Morgan fingerprint density at radius 1 is 0.742 bits per heavy atom. The monoisotopic (exact) mass is 401 g/mol. The number of nitrogens with zero attached hydrogens (tertiary/aromatic N) is 5. The summed E-state index contributed by atoms with van der Waals surface area (Å²) in [6.07, 6.45) is 3.62. The number of pyridine rings is 2. The second kappa shape index (κ2) is 6.03. The van der Waals surface area contributed by atoms with Gasteiger partial charge in [0.25, 0.3) is 0 Å². The van der Waals surface area contributed by atoms with Crippen molar-refractivity contribution in [1.29, 1.82) is 0 Å². The Kier molecular flexibility index (Phi) is 3.18. The lowest BCUT2D eigenvalue weighted by Gasteiger charge is -2.05. The molecule has 2 aromatic carbocycles. The predicted molar refractivity (Wildman–Crippen MR) is 120 cm³/mol. The average molecular weight is 401 g/mol. The third-order valence-corrected chi connectivity index (χ3v) is 5.65. The molecular formula is C25H15N5O. The van der Waals surface area contributed by atoms with E-state index < -0.39 is 0 Å². The van der Waals surface area contributed by atoms with Crippen LogP contribution in [0.15, 0.2) is 95.7 Å². The molecule has 0 aliphatic heterocycles. The van der Waals surface area contributed by atoms with Crippen LogP contribution in [0.5, 0.6) is 0 Å². The lowest BCUT2D eigenvalue weighted by atomic mass is 10.2. The number of para-hydroxylation sites is 3. The molecule has 5 aromatic heterocycles. The van der Waals surface area contributed by atoms with Gasteiger partial charge in [-0.25, -0.2) is 9.55 Å². The van der Waals surface area contributed by atoms with E-state index in [2.05, 4.69) is 26.5 Å². The topological polar surface area (TPSA) is 61.2 Å². The molecule has 0 radical (unpaired) electrons. The van der Waals surface area contributed by atoms with Gasteiger partial charge in [0.05, 0.1) is 34.3 Å². The molecule has 0 aliphatic carbocycles. The van der Waals surface area contributed by atoms with Gasteiger partial charge in [0.1, 0.15) is 11.1 Å². The SMILES string of the molecule is c1ccc(-c2ccc(-n3c4oc5ccccc5c4n4c5ccccc5nc34)cn2)nc1. The molecule has 0 aliphatic rings. The summed E-state index contributed by atoms with van der Waals surface area (Å²) >= 11 is 0. The molecule has 0 N–H and O–H groups in total. The van der Waals surface area contributed by atoms with Gasteiger partial charge in [0, 0.05) is 11.6 Å². The number of fused-ring (bicyclic) bond motifs is 7. The first kappa shape index (κ1) is 16.4. The van der Waals surface area contributed by atoms with E-state index in [0.29, 0.717) is 0 Å². The molecule has 0 fully saturated rings. The largest absolute Gasteiger partial charge is 0.437 e. The highest BCUT2D eigenvalue weighted by Gasteiger charge is 2.22. The maximum atomic E-state index is 6.31. The third-order valence-electron chi connectivity index (χ3n) is 5.65. The van der Waals surface area contributed by atoms with E-state index in [1.54, 1.807) is 6.20 Å². The molecule has 0 saturated carbocycles. The predicted octanol–water partition coefficient (Wildman–Crippen LogP) is 5.63. The minimum absolute atomic E-state index is 0.752. The number of benzene rings is 2. The van der Waals surface area contributed by atoms with Crippen LogP contribution in [0.2, 0.25) is 0 Å². The van der Waals surface area contributed by atoms with E-state index in [0.717, 1.165) is 56.1 Å². The van der Waals surface area contributed by atoms with Crippen molar-refractivity contribution in [2.45, 2.75) is 0 Å². The molecule has 0 atom stereocenters. The zero-order valence-corrected chi connectivity index (χ0v) is 16.3. The Labute approximate surface area is 176 Å². The molecule has 7 aromatic rings. The Balaban J connectivity index is 1.57. The summed E-state index contributed by atoms with van der Waals surface area (Å²) in [6, 6.07) is 26.1. The van der Waals surface area contributed by atoms with Crippen molar-refractivity contribution in [2.75, 3.05) is 0 Å². The molecular weight excluding hydrogens is 386 g/mol. The molecule has 0 unspecified atom stereocenters. The van der Waals surface area contributed by atoms with Crippen LogP contribution in [0.4, 0.5) is 0 Å². The Hall–Kier alpha value is -4.45. The van der Waals surface area contributed by atoms with E-state index in [1.807, 2.05) is 77.5 Å². The minimum Gasteiger partial charge on any atom is -0.437 e. The summed E-state index contributed by atoms with van der Waals surface area (Å²) in [4.78, 5) is 14.0. The molecule has 0 amide bonds. The molecule has 0 bridgehead atoms. The number of aromatic nitrogens is 5. The second-order valence-electron chi connectivity index (χ2n) is 7.44. The lowest BCUT2D eigenvalue weighted by molar-refractivity contribution is 0.644. The molecule has 7 rings (SSSR count). The Morgan fingerprint density at radius 3 is 2.45 bits per heavy atom. The highest BCUT2D eigenvalue weighted by molar-refractivity contribution is 6.06. The zero-order chi connectivity index (χ0) is 20.4. The van der Waals surface area contributed by atoms with Gasteiger partial charge in [-0.05, 0) is 48.5 Å². The van der Waals surface area contributed by atoms with Crippen molar-refractivity contribution < 1.29 is 4.42 Å². The number of rotatable bonds is 2. The summed E-state index contributed by atoms with van der Waals surface area (Å²) in [5, 5.41) is 1.06. The van der Waals surface area contributed by atoms with E-state index in [-0.39, 0.29) is 0 Å². The van der Waals surface area contributed by atoms with Crippen LogP contribution in [0, 0.1) is 0 Å². The first-order chi connectivity index (χ1) is 15.4.